The van der Waals surface area contributed by atoms with Crippen LogP contribution in [0.15, 0.2) is 42.0 Å². The van der Waals surface area contributed by atoms with Gasteiger partial charge in [-0.25, -0.2) is 4.79 Å². The topological polar surface area (TPSA) is 104 Å². The Balaban J connectivity index is 1.29. The van der Waals surface area contributed by atoms with Gasteiger partial charge in [-0.15, -0.1) is 0 Å². The maximum absolute atomic E-state index is 13.0. The molecule has 45 heavy (non-hydrogen) atoms. The lowest BCUT2D eigenvalue weighted by Gasteiger charge is -2.71. The number of carboxylic acids is 1. The van der Waals surface area contributed by atoms with Crippen molar-refractivity contribution in [3.05, 3.63) is 47.6 Å². The van der Waals surface area contributed by atoms with Crippen molar-refractivity contribution in [3.8, 4) is 5.75 Å². The van der Waals surface area contributed by atoms with Crippen molar-refractivity contribution in [1.29, 1.82) is 0 Å². The van der Waals surface area contributed by atoms with Gasteiger partial charge >= 0.3 is 11.9 Å². The molecule has 4 fully saturated rings. The van der Waals surface area contributed by atoms with E-state index in [0.29, 0.717) is 24.2 Å². The van der Waals surface area contributed by atoms with E-state index >= 15 is 0 Å². The third kappa shape index (κ3) is 4.58. The Morgan fingerprint density at radius 2 is 1.62 bits per heavy atom. The summed E-state index contributed by atoms with van der Waals surface area (Å²) in [5, 5.41) is 32.0. The quantitative estimate of drug-likeness (QED) is 0.179. The molecule has 0 aromatic heterocycles. The molecule has 5 aliphatic rings. The number of phenols is 1. The van der Waals surface area contributed by atoms with Crippen molar-refractivity contribution in [1.82, 2.24) is 0 Å². The fourth-order valence-electron chi connectivity index (χ4n) is 12.1. The van der Waals surface area contributed by atoms with Crippen LogP contribution in [0, 0.1) is 56.7 Å². The number of rotatable bonds is 4. The SMILES string of the molecule is C[C@H]1[C@H](C)CC[C@]2(C(=O)O)CC[C@]3(C)C(=CC[C@H]4[C@@]5(C)C[C@@H](O)[C@H](OC(=O)/C=C\c6ccc(O)cc6)C(C)(C)[C@H]5CC[C@]43C)[C@H]12. The second-order valence-corrected chi connectivity index (χ2v) is 17.0. The summed E-state index contributed by atoms with van der Waals surface area (Å²) in [4.78, 5) is 26.0. The number of benzene rings is 1. The lowest BCUT2D eigenvalue weighted by molar-refractivity contribution is -0.238. The van der Waals surface area contributed by atoms with E-state index in [1.807, 2.05) is 0 Å². The van der Waals surface area contributed by atoms with E-state index in [0.717, 1.165) is 50.5 Å². The van der Waals surface area contributed by atoms with Crippen molar-refractivity contribution in [3.63, 3.8) is 0 Å². The molecule has 0 saturated heterocycles. The molecule has 0 heterocycles. The Kier molecular flexibility index (Phi) is 7.70. The van der Waals surface area contributed by atoms with Crippen LogP contribution in [0.1, 0.15) is 105 Å². The number of aromatic hydroxyl groups is 1. The molecule has 0 spiro atoms. The Labute approximate surface area is 269 Å². The van der Waals surface area contributed by atoms with Crippen LogP contribution >= 0.6 is 0 Å². The van der Waals surface area contributed by atoms with Gasteiger partial charge in [-0.2, -0.15) is 0 Å². The molecule has 0 unspecified atom stereocenters. The molecule has 0 aliphatic heterocycles. The Morgan fingerprint density at radius 1 is 0.933 bits per heavy atom. The molecule has 6 heteroatoms. The summed E-state index contributed by atoms with van der Waals surface area (Å²) in [7, 11) is 0. The van der Waals surface area contributed by atoms with Crippen LogP contribution in [0.4, 0.5) is 0 Å². The minimum atomic E-state index is -0.780. The van der Waals surface area contributed by atoms with E-state index in [4.69, 9.17) is 4.74 Å². The first-order valence-electron chi connectivity index (χ1n) is 17.3. The third-order valence-corrected chi connectivity index (χ3v) is 14.9. The lowest BCUT2D eigenvalue weighted by atomic mass is 9.33. The molecular formula is C39H54O6. The van der Waals surface area contributed by atoms with Gasteiger partial charge in [-0.3, -0.25) is 4.79 Å². The maximum Gasteiger partial charge on any atom is 0.331 e. The Bertz CT molecular complexity index is 1410. The highest BCUT2D eigenvalue weighted by atomic mass is 16.6. The van der Waals surface area contributed by atoms with Gasteiger partial charge in [0, 0.05) is 11.5 Å². The van der Waals surface area contributed by atoms with E-state index in [-0.39, 0.29) is 33.8 Å². The highest BCUT2D eigenvalue weighted by molar-refractivity contribution is 5.87. The summed E-state index contributed by atoms with van der Waals surface area (Å²) < 4.78 is 6.05. The average Bonchev–Trinajstić information content (AvgIpc) is 2.97. The van der Waals surface area contributed by atoms with Gasteiger partial charge in [0.25, 0.3) is 0 Å². The van der Waals surface area contributed by atoms with Crippen LogP contribution in [-0.4, -0.2) is 39.5 Å². The lowest BCUT2D eigenvalue weighted by Crippen LogP contribution is -2.67. The number of carbonyl (C=O) groups is 2. The summed E-state index contributed by atoms with van der Waals surface area (Å²) in [5.74, 6) is 0.617. The van der Waals surface area contributed by atoms with Gasteiger partial charge in [-0.05, 0) is 121 Å². The van der Waals surface area contributed by atoms with Gasteiger partial charge in [0.1, 0.15) is 11.9 Å². The number of hydrogen-bond donors (Lipinski definition) is 3. The van der Waals surface area contributed by atoms with Crippen molar-refractivity contribution in [2.75, 3.05) is 0 Å². The normalized spacial score (nSPS) is 45.3. The van der Waals surface area contributed by atoms with Gasteiger partial charge in [0.2, 0.25) is 0 Å². The van der Waals surface area contributed by atoms with Gasteiger partial charge in [-0.1, -0.05) is 72.2 Å². The second kappa shape index (κ2) is 10.7. The average molecular weight is 619 g/mol. The summed E-state index contributed by atoms with van der Waals surface area (Å²) >= 11 is 0. The minimum Gasteiger partial charge on any atom is -0.508 e. The molecular weight excluding hydrogens is 564 g/mol. The van der Waals surface area contributed by atoms with E-state index < -0.39 is 35.0 Å². The molecule has 6 nitrogen and oxygen atoms in total. The molecule has 0 bridgehead atoms. The first-order chi connectivity index (χ1) is 21.0. The number of ether oxygens (including phenoxy) is 1. The highest BCUT2D eigenvalue weighted by Crippen LogP contribution is 2.75. The van der Waals surface area contributed by atoms with Crippen LogP contribution in [-0.2, 0) is 14.3 Å². The summed E-state index contributed by atoms with van der Waals surface area (Å²) in [5.41, 5.74) is 0.857. The standard InChI is InChI=1S/C39H54O6/c1-23-16-19-39(34(43)44)21-20-37(6)27(32(39)24(23)2)13-14-30-36(5)22-28(41)33(35(3,4)29(36)17-18-38(30,37)7)45-31(42)15-10-25-8-11-26(40)12-9-25/h8-13,15,23-24,28-30,32-33,40-41H,14,16-22H2,1-7H3,(H,43,44)/b15-10-/t23-,24+,28-,29-,30+,32+,33+,36+,37-,38-,39+/m1/s1. The highest BCUT2D eigenvalue weighted by Gasteiger charge is 2.70. The fourth-order valence-corrected chi connectivity index (χ4v) is 12.1. The molecule has 4 saturated carbocycles. The largest absolute Gasteiger partial charge is 0.508 e. The predicted octanol–water partition coefficient (Wildman–Crippen LogP) is 8.03. The third-order valence-electron chi connectivity index (χ3n) is 14.9. The molecule has 0 radical (unpaired) electrons. The van der Waals surface area contributed by atoms with Gasteiger partial charge in [0.15, 0.2) is 0 Å². The van der Waals surface area contributed by atoms with Crippen molar-refractivity contribution in [2.24, 2.45) is 56.7 Å². The monoisotopic (exact) mass is 618 g/mol. The first kappa shape index (κ1) is 32.3. The number of esters is 1. The summed E-state index contributed by atoms with van der Waals surface area (Å²) in [6.07, 6.45) is 11.1. The number of allylic oxidation sites excluding steroid dienone is 2. The molecule has 246 valence electrons. The Morgan fingerprint density at radius 3 is 2.29 bits per heavy atom. The smallest absolute Gasteiger partial charge is 0.331 e. The van der Waals surface area contributed by atoms with Crippen LogP contribution in [0.2, 0.25) is 0 Å². The zero-order valence-electron chi connectivity index (χ0n) is 28.3. The minimum absolute atomic E-state index is 0.0143. The molecule has 3 N–H and O–H groups in total. The van der Waals surface area contributed by atoms with Crippen LogP contribution in [0.25, 0.3) is 6.08 Å². The number of carbonyl (C=O) groups excluding carboxylic acids is 1. The summed E-state index contributed by atoms with van der Waals surface area (Å²) in [6, 6.07) is 6.62. The van der Waals surface area contributed by atoms with E-state index in [1.165, 1.54) is 11.6 Å². The molecule has 11 atom stereocenters. The molecule has 0 amide bonds. The molecule has 1 aromatic rings. The van der Waals surface area contributed by atoms with Crippen molar-refractivity contribution < 1.29 is 29.6 Å². The van der Waals surface area contributed by atoms with Crippen molar-refractivity contribution >= 4 is 18.0 Å². The van der Waals surface area contributed by atoms with Crippen LogP contribution in [0.5, 0.6) is 5.75 Å². The number of phenolic OH excluding ortho intramolecular Hbond substituents is 1. The molecule has 1 aromatic carbocycles. The zero-order chi connectivity index (χ0) is 32.7. The zero-order valence-corrected chi connectivity index (χ0v) is 28.3. The van der Waals surface area contributed by atoms with Gasteiger partial charge in [0.05, 0.1) is 11.5 Å². The van der Waals surface area contributed by atoms with E-state index in [9.17, 15) is 24.9 Å². The van der Waals surface area contributed by atoms with Crippen LogP contribution < -0.4 is 0 Å². The van der Waals surface area contributed by atoms with Crippen molar-refractivity contribution in [2.45, 2.75) is 112 Å². The van der Waals surface area contributed by atoms with E-state index in [1.54, 1.807) is 30.3 Å². The van der Waals surface area contributed by atoms with Gasteiger partial charge < -0.3 is 20.1 Å². The van der Waals surface area contributed by atoms with E-state index in [2.05, 4.69) is 54.5 Å². The number of aliphatic hydroxyl groups is 1. The number of aliphatic carboxylic acids is 1. The first-order valence-corrected chi connectivity index (χ1v) is 17.3. The number of fused-ring (bicyclic) bond motifs is 7. The number of hydrogen-bond acceptors (Lipinski definition) is 5. The summed E-state index contributed by atoms with van der Waals surface area (Å²) in [6.45, 7) is 16.2. The predicted molar refractivity (Wildman–Crippen MR) is 175 cm³/mol. The Hall–Kier alpha value is -2.60. The number of carboxylic acid groups (broad SMARTS) is 1. The number of aliphatic hydroxyl groups excluding tert-OH is 1. The molecule has 5 aliphatic carbocycles. The second-order valence-electron chi connectivity index (χ2n) is 17.0. The van der Waals surface area contributed by atoms with Crippen LogP contribution in [0.3, 0.4) is 0 Å². The molecule has 6 rings (SSSR count). The maximum atomic E-state index is 13.0. The fraction of sp³-hybridized carbons (Fsp3) is 0.692.